The number of aryl methyl sites for hydroxylation is 1. The number of hydrogen-bond acceptors (Lipinski definition) is 6. The minimum Gasteiger partial charge on any atom is -0.384 e. The molecule has 1 aliphatic carbocycles. The van der Waals surface area contributed by atoms with Crippen molar-refractivity contribution in [2.24, 2.45) is 0 Å². The highest BCUT2D eigenvalue weighted by Crippen LogP contribution is 2.33. The van der Waals surface area contributed by atoms with Crippen molar-refractivity contribution in [1.29, 1.82) is 0 Å². The van der Waals surface area contributed by atoms with Gasteiger partial charge in [-0.1, -0.05) is 6.92 Å². The summed E-state index contributed by atoms with van der Waals surface area (Å²) in [6, 6.07) is 4.70. The van der Waals surface area contributed by atoms with Crippen molar-refractivity contribution < 1.29 is 0 Å². The second-order valence-corrected chi connectivity index (χ2v) is 6.60. The van der Waals surface area contributed by atoms with Gasteiger partial charge in [-0.3, -0.25) is 4.90 Å². The van der Waals surface area contributed by atoms with Crippen LogP contribution in [0.1, 0.15) is 25.5 Å². The van der Waals surface area contributed by atoms with E-state index in [0.717, 1.165) is 61.3 Å². The second kappa shape index (κ2) is 6.36. The maximum absolute atomic E-state index is 5.75. The third-order valence-electron chi connectivity index (χ3n) is 4.99. The number of hydrogen-bond donors (Lipinski definition) is 1. The minimum atomic E-state index is 0.535. The summed E-state index contributed by atoms with van der Waals surface area (Å²) in [5, 5.41) is 0. The molecule has 4 rings (SSSR count). The molecule has 2 aromatic heterocycles. The lowest BCUT2D eigenvalue weighted by molar-refractivity contribution is 0.247. The highest BCUT2D eigenvalue weighted by molar-refractivity contribution is 5.78. The number of nitrogen functional groups attached to an aromatic ring is 1. The first-order chi connectivity index (χ1) is 11.8. The first-order valence-electron chi connectivity index (χ1n) is 8.81. The summed E-state index contributed by atoms with van der Waals surface area (Å²) in [5.41, 5.74) is 8.96. The van der Waals surface area contributed by atoms with Crippen LogP contribution in [0.3, 0.4) is 0 Å². The van der Waals surface area contributed by atoms with Crippen molar-refractivity contribution >= 4 is 11.6 Å². The lowest BCUT2D eigenvalue weighted by atomic mass is 10.0. The molecule has 3 heterocycles. The zero-order valence-corrected chi connectivity index (χ0v) is 14.1. The van der Waals surface area contributed by atoms with Gasteiger partial charge in [0, 0.05) is 49.5 Å². The van der Waals surface area contributed by atoms with Gasteiger partial charge in [-0.2, -0.15) is 0 Å². The number of piperazine rings is 1. The molecule has 2 aliphatic rings. The van der Waals surface area contributed by atoms with Crippen LogP contribution >= 0.6 is 0 Å². The maximum atomic E-state index is 5.75. The van der Waals surface area contributed by atoms with Crippen molar-refractivity contribution in [2.75, 3.05) is 36.8 Å². The number of nitrogens with two attached hydrogens (primary N) is 1. The predicted molar refractivity (Wildman–Crippen MR) is 95.9 cm³/mol. The van der Waals surface area contributed by atoms with Crippen LogP contribution in [-0.4, -0.2) is 52.1 Å². The molecule has 1 aliphatic heterocycles. The summed E-state index contributed by atoms with van der Waals surface area (Å²) in [6.07, 6.45) is 7.13. The molecule has 6 nitrogen and oxygen atoms in total. The third-order valence-corrected chi connectivity index (χ3v) is 4.99. The van der Waals surface area contributed by atoms with Gasteiger partial charge in [0.15, 0.2) is 0 Å². The molecule has 2 N–H and O–H groups in total. The molecule has 0 radical (unpaired) electrons. The summed E-state index contributed by atoms with van der Waals surface area (Å²) in [5.74, 6) is 1.57. The molecule has 24 heavy (non-hydrogen) atoms. The van der Waals surface area contributed by atoms with Crippen LogP contribution in [0.5, 0.6) is 0 Å². The Kier molecular flexibility index (Phi) is 4.06. The Morgan fingerprint density at radius 3 is 2.50 bits per heavy atom. The average Bonchev–Trinajstić information content (AvgIpc) is 3.47. The largest absolute Gasteiger partial charge is 0.384 e. The summed E-state index contributed by atoms with van der Waals surface area (Å²) in [7, 11) is 0. The molecule has 6 heteroatoms. The smallest absolute Gasteiger partial charge is 0.140 e. The summed E-state index contributed by atoms with van der Waals surface area (Å²) in [4.78, 5) is 18.4. The van der Waals surface area contributed by atoms with E-state index < -0.39 is 0 Å². The van der Waals surface area contributed by atoms with Gasteiger partial charge in [-0.05, 0) is 31.4 Å². The average molecular weight is 324 g/mol. The number of pyridine rings is 1. The van der Waals surface area contributed by atoms with E-state index in [1.165, 1.54) is 12.8 Å². The lowest BCUT2D eigenvalue weighted by Crippen LogP contribution is -2.47. The van der Waals surface area contributed by atoms with Crippen molar-refractivity contribution in [1.82, 2.24) is 19.9 Å². The molecule has 126 valence electrons. The standard InChI is InChI=1S/C18H24N6/c1-2-15-17(13-3-6-16(19)20-11-13)18(22-12-21-15)24-9-7-23(8-10-24)14-4-5-14/h3,6,11-12,14H,2,4-5,7-10H2,1H3,(H2,19,20). The van der Waals surface area contributed by atoms with Gasteiger partial charge in [0.25, 0.3) is 0 Å². The predicted octanol–water partition coefficient (Wildman–Crippen LogP) is 1.97. The van der Waals surface area contributed by atoms with Crippen LogP contribution in [0.2, 0.25) is 0 Å². The van der Waals surface area contributed by atoms with Crippen molar-refractivity contribution in [2.45, 2.75) is 32.2 Å². The Hall–Kier alpha value is -2.21. The van der Waals surface area contributed by atoms with E-state index in [1.807, 2.05) is 18.3 Å². The maximum Gasteiger partial charge on any atom is 0.140 e. The third kappa shape index (κ3) is 2.94. The highest BCUT2D eigenvalue weighted by atomic mass is 15.3. The van der Waals surface area contributed by atoms with Crippen LogP contribution in [-0.2, 0) is 6.42 Å². The van der Waals surface area contributed by atoms with Crippen LogP contribution in [0.25, 0.3) is 11.1 Å². The molecular weight excluding hydrogens is 300 g/mol. The highest BCUT2D eigenvalue weighted by Gasteiger charge is 2.32. The fourth-order valence-electron chi connectivity index (χ4n) is 3.51. The summed E-state index contributed by atoms with van der Waals surface area (Å²) >= 11 is 0. The van der Waals surface area contributed by atoms with Gasteiger partial charge < -0.3 is 10.6 Å². The molecule has 2 aromatic rings. The van der Waals surface area contributed by atoms with Crippen LogP contribution in [0, 0.1) is 0 Å². The van der Waals surface area contributed by atoms with E-state index in [1.54, 1.807) is 6.33 Å². The zero-order chi connectivity index (χ0) is 16.5. The van der Waals surface area contributed by atoms with Crippen LogP contribution in [0.15, 0.2) is 24.7 Å². The molecule has 0 unspecified atom stereocenters. The van der Waals surface area contributed by atoms with E-state index >= 15 is 0 Å². The van der Waals surface area contributed by atoms with Crippen molar-refractivity contribution in [3.63, 3.8) is 0 Å². The molecule has 1 saturated carbocycles. The van der Waals surface area contributed by atoms with E-state index in [-0.39, 0.29) is 0 Å². The number of anilines is 2. The molecule has 0 amide bonds. The van der Waals surface area contributed by atoms with Gasteiger partial charge >= 0.3 is 0 Å². The van der Waals surface area contributed by atoms with E-state index in [9.17, 15) is 0 Å². The fourth-order valence-corrected chi connectivity index (χ4v) is 3.51. The molecule has 0 bridgehead atoms. The summed E-state index contributed by atoms with van der Waals surface area (Å²) < 4.78 is 0. The van der Waals surface area contributed by atoms with Gasteiger partial charge in [0.1, 0.15) is 18.0 Å². The quantitative estimate of drug-likeness (QED) is 0.927. The minimum absolute atomic E-state index is 0.535. The Morgan fingerprint density at radius 2 is 1.88 bits per heavy atom. The Balaban J connectivity index is 1.66. The Labute approximate surface area is 142 Å². The van der Waals surface area contributed by atoms with E-state index in [4.69, 9.17) is 5.73 Å². The molecule has 0 atom stereocenters. The van der Waals surface area contributed by atoms with Gasteiger partial charge in [-0.15, -0.1) is 0 Å². The van der Waals surface area contributed by atoms with Gasteiger partial charge in [-0.25, -0.2) is 15.0 Å². The molecule has 1 saturated heterocycles. The molecule has 0 aromatic carbocycles. The van der Waals surface area contributed by atoms with Crippen LogP contribution < -0.4 is 10.6 Å². The van der Waals surface area contributed by atoms with Gasteiger partial charge in [0.2, 0.25) is 0 Å². The number of rotatable bonds is 4. The number of aromatic nitrogens is 3. The Bertz CT molecular complexity index is 702. The topological polar surface area (TPSA) is 71.2 Å². The van der Waals surface area contributed by atoms with Crippen molar-refractivity contribution in [3.8, 4) is 11.1 Å². The van der Waals surface area contributed by atoms with Crippen LogP contribution in [0.4, 0.5) is 11.6 Å². The first-order valence-corrected chi connectivity index (χ1v) is 8.81. The molecule has 2 fully saturated rings. The Morgan fingerprint density at radius 1 is 1.08 bits per heavy atom. The zero-order valence-electron chi connectivity index (χ0n) is 14.1. The molecular formula is C18H24N6. The first kappa shape index (κ1) is 15.3. The SMILES string of the molecule is CCc1ncnc(N2CCN(C3CC3)CC2)c1-c1ccc(N)nc1. The summed E-state index contributed by atoms with van der Waals surface area (Å²) in [6.45, 7) is 6.41. The van der Waals surface area contributed by atoms with Crippen molar-refractivity contribution in [3.05, 3.63) is 30.4 Å². The van der Waals surface area contributed by atoms with E-state index in [0.29, 0.717) is 5.82 Å². The second-order valence-electron chi connectivity index (χ2n) is 6.60. The normalized spacial score (nSPS) is 18.8. The monoisotopic (exact) mass is 324 g/mol. The lowest BCUT2D eigenvalue weighted by Gasteiger charge is -2.36. The van der Waals surface area contributed by atoms with E-state index in [2.05, 4.69) is 31.7 Å². The molecule has 0 spiro atoms. The van der Waals surface area contributed by atoms with Gasteiger partial charge in [0.05, 0.1) is 5.69 Å². The fraction of sp³-hybridized carbons (Fsp3) is 0.500. The number of nitrogens with zero attached hydrogens (tertiary/aromatic N) is 5.